The molecule has 1 nitrogen and oxygen atoms in total. The molecule has 2 aromatic carbocycles. The highest BCUT2D eigenvalue weighted by molar-refractivity contribution is 6.33. The van der Waals surface area contributed by atoms with E-state index in [0.717, 1.165) is 35.3 Å². The number of hydrogen-bond acceptors (Lipinski definition) is 1. The van der Waals surface area contributed by atoms with Crippen molar-refractivity contribution < 1.29 is 9.13 Å². The zero-order chi connectivity index (χ0) is 13.4. The second-order valence-electron chi connectivity index (χ2n) is 4.89. The molecule has 0 aliphatic carbocycles. The molecule has 0 saturated heterocycles. The van der Waals surface area contributed by atoms with Crippen molar-refractivity contribution in [1.82, 2.24) is 0 Å². The van der Waals surface area contributed by atoms with Crippen molar-refractivity contribution in [1.29, 1.82) is 0 Å². The molecule has 0 fully saturated rings. The number of aryl methyl sites for hydroxylation is 1. The Balaban J connectivity index is 2.21. The third-order valence-electron chi connectivity index (χ3n) is 3.43. The predicted octanol–water partition coefficient (Wildman–Crippen LogP) is 4.86. The summed E-state index contributed by atoms with van der Waals surface area (Å²) in [6.45, 7) is 2.03. The molecule has 98 valence electrons. The maximum Gasteiger partial charge on any atom is 0.130 e. The minimum absolute atomic E-state index is 0.152. The zero-order valence-corrected chi connectivity index (χ0v) is 11.4. The van der Waals surface area contributed by atoms with Gasteiger partial charge in [-0.2, -0.15) is 0 Å². The number of hydrogen-bond donors (Lipinski definition) is 0. The molecular formula is C16H14ClFO. The molecule has 3 rings (SSSR count). The van der Waals surface area contributed by atoms with E-state index in [0.29, 0.717) is 5.02 Å². The van der Waals surface area contributed by atoms with Crippen LogP contribution in [0.25, 0.3) is 11.1 Å². The maximum atomic E-state index is 13.8. The second-order valence-corrected chi connectivity index (χ2v) is 5.30. The van der Waals surface area contributed by atoms with E-state index in [1.807, 2.05) is 25.1 Å². The number of ether oxygens (including phenoxy) is 1. The largest absolute Gasteiger partial charge is 0.490 e. The first-order valence-electron chi connectivity index (χ1n) is 6.39. The summed E-state index contributed by atoms with van der Waals surface area (Å²) in [6.07, 6.45) is 1.91. The summed E-state index contributed by atoms with van der Waals surface area (Å²) in [5.41, 5.74) is 2.48. The van der Waals surface area contributed by atoms with E-state index < -0.39 is 0 Å². The van der Waals surface area contributed by atoms with Crippen LogP contribution in [-0.4, -0.2) is 6.10 Å². The predicted molar refractivity (Wildman–Crippen MR) is 75.3 cm³/mol. The summed E-state index contributed by atoms with van der Waals surface area (Å²) < 4.78 is 19.7. The fourth-order valence-electron chi connectivity index (χ4n) is 2.47. The fourth-order valence-corrected chi connectivity index (χ4v) is 2.71. The van der Waals surface area contributed by atoms with Gasteiger partial charge in [-0.3, -0.25) is 0 Å². The van der Waals surface area contributed by atoms with Gasteiger partial charge in [0.2, 0.25) is 0 Å². The maximum absolute atomic E-state index is 13.8. The molecule has 0 radical (unpaired) electrons. The van der Waals surface area contributed by atoms with Crippen LogP contribution in [0.2, 0.25) is 5.02 Å². The molecule has 0 bridgehead atoms. The van der Waals surface area contributed by atoms with Crippen molar-refractivity contribution in [2.24, 2.45) is 0 Å². The van der Waals surface area contributed by atoms with E-state index in [-0.39, 0.29) is 11.9 Å². The Morgan fingerprint density at radius 1 is 1.21 bits per heavy atom. The van der Waals surface area contributed by atoms with Crippen LogP contribution in [0.1, 0.15) is 18.9 Å². The highest BCUT2D eigenvalue weighted by Gasteiger charge is 2.22. The van der Waals surface area contributed by atoms with Crippen molar-refractivity contribution >= 4 is 11.6 Å². The average Bonchev–Trinajstić information content (AvgIpc) is 2.39. The average molecular weight is 277 g/mol. The number of benzene rings is 2. The van der Waals surface area contributed by atoms with Gasteiger partial charge in [-0.1, -0.05) is 29.8 Å². The molecule has 2 aromatic rings. The molecule has 0 N–H and O–H groups in total. The van der Waals surface area contributed by atoms with Gasteiger partial charge < -0.3 is 4.74 Å². The Hall–Kier alpha value is -1.54. The fraction of sp³-hybridized carbons (Fsp3) is 0.250. The third-order valence-corrected chi connectivity index (χ3v) is 3.76. The summed E-state index contributed by atoms with van der Waals surface area (Å²) in [7, 11) is 0. The van der Waals surface area contributed by atoms with E-state index in [2.05, 4.69) is 0 Å². The molecule has 1 heterocycles. The lowest BCUT2D eigenvalue weighted by molar-refractivity contribution is 0.193. The van der Waals surface area contributed by atoms with Crippen LogP contribution in [0.15, 0.2) is 36.4 Å². The summed E-state index contributed by atoms with van der Waals surface area (Å²) >= 11 is 6.21. The van der Waals surface area contributed by atoms with Crippen molar-refractivity contribution in [2.75, 3.05) is 0 Å². The van der Waals surface area contributed by atoms with Crippen molar-refractivity contribution in [3.05, 3.63) is 52.8 Å². The minimum atomic E-state index is -0.244. The van der Waals surface area contributed by atoms with Crippen LogP contribution in [0, 0.1) is 5.82 Å². The molecule has 0 saturated carbocycles. The molecule has 0 aromatic heterocycles. The number of fused-ring (bicyclic) bond motifs is 1. The van der Waals surface area contributed by atoms with Crippen LogP contribution in [-0.2, 0) is 6.42 Å². The third kappa shape index (κ3) is 2.33. The van der Waals surface area contributed by atoms with Crippen LogP contribution in [0.3, 0.4) is 0 Å². The summed E-state index contributed by atoms with van der Waals surface area (Å²) in [4.78, 5) is 0. The first kappa shape index (κ1) is 12.5. The lowest BCUT2D eigenvalue weighted by atomic mass is 9.95. The van der Waals surface area contributed by atoms with Crippen molar-refractivity contribution in [3.8, 4) is 16.9 Å². The van der Waals surface area contributed by atoms with Gasteiger partial charge in [0.25, 0.3) is 0 Å². The van der Waals surface area contributed by atoms with Gasteiger partial charge in [-0.05, 0) is 43.5 Å². The quantitative estimate of drug-likeness (QED) is 0.723. The smallest absolute Gasteiger partial charge is 0.130 e. The summed E-state index contributed by atoms with van der Waals surface area (Å²) in [6, 6.07) is 10.5. The van der Waals surface area contributed by atoms with Gasteiger partial charge in [0, 0.05) is 16.1 Å². The van der Waals surface area contributed by atoms with Crippen LogP contribution in [0.4, 0.5) is 4.39 Å². The van der Waals surface area contributed by atoms with E-state index in [9.17, 15) is 4.39 Å². The molecule has 19 heavy (non-hydrogen) atoms. The molecular weight excluding hydrogens is 263 g/mol. The first-order valence-corrected chi connectivity index (χ1v) is 6.77. The standard InChI is InChI=1S/C16H14ClFO/c1-10-6-7-11-8-12(18)9-14(16(11)19-10)13-4-2-3-5-15(13)17/h2-5,8-10H,6-7H2,1H3. The van der Waals surface area contributed by atoms with Gasteiger partial charge in [0.15, 0.2) is 0 Å². The Kier molecular flexibility index (Phi) is 3.19. The lowest BCUT2D eigenvalue weighted by Gasteiger charge is -2.26. The number of rotatable bonds is 1. The van der Waals surface area contributed by atoms with Gasteiger partial charge in [-0.15, -0.1) is 0 Å². The van der Waals surface area contributed by atoms with E-state index >= 15 is 0 Å². The van der Waals surface area contributed by atoms with Crippen LogP contribution in [0.5, 0.6) is 5.75 Å². The summed E-state index contributed by atoms with van der Waals surface area (Å²) in [5, 5.41) is 0.608. The molecule has 1 unspecified atom stereocenters. The SMILES string of the molecule is CC1CCc2cc(F)cc(-c3ccccc3Cl)c2O1. The number of halogens is 2. The van der Waals surface area contributed by atoms with Crippen molar-refractivity contribution in [3.63, 3.8) is 0 Å². The van der Waals surface area contributed by atoms with Gasteiger partial charge >= 0.3 is 0 Å². The molecule has 0 amide bonds. The molecule has 1 aliphatic rings. The normalized spacial score (nSPS) is 17.7. The highest BCUT2D eigenvalue weighted by atomic mass is 35.5. The Morgan fingerprint density at radius 3 is 2.79 bits per heavy atom. The van der Waals surface area contributed by atoms with Crippen LogP contribution >= 0.6 is 11.6 Å². The monoisotopic (exact) mass is 276 g/mol. The Morgan fingerprint density at radius 2 is 2.00 bits per heavy atom. The molecule has 3 heteroatoms. The minimum Gasteiger partial charge on any atom is -0.490 e. The lowest BCUT2D eigenvalue weighted by Crippen LogP contribution is -2.19. The van der Waals surface area contributed by atoms with E-state index in [1.165, 1.54) is 6.07 Å². The molecule has 0 spiro atoms. The topological polar surface area (TPSA) is 9.23 Å². The van der Waals surface area contributed by atoms with Gasteiger partial charge in [0.05, 0.1) is 6.10 Å². The van der Waals surface area contributed by atoms with Gasteiger partial charge in [-0.25, -0.2) is 4.39 Å². The Labute approximate surface area is 117 Å². The van der Waals surface area contributed by atoms with Gasteiger partial charge in [0.1, 0.15) is 11.6 Å². The first-order chi connectivity index (χ1) is 9.15. The zero-order valence-electron chi connectivity index (χ0n) is 10.6. The molecule has 1 atom stereocenters. The highest BCUT2D eigenvalue weighted by Crippen LogP contribution is 2.40. The van der Waals surface area contributed by atoms with Crippen molar-refractivity contribution in [2.45, 2.75) is 25.9 Å². The Bertz CT molecular complexity index is 624. The van der Waals surface area contributed by atoms with Crippen LogP contribution < -0.4 is 4.74 Å². The summed E-state index contributed by atoms with van der Waals surface area (Å²) in [5.74, 6) is 0.528. The second kappa shape index (κ2) is 4.86. The molecule has 1 aliphatic heterocycles. The van der Waals surface area contributed by atoms with E-state index in [1.54, 1.807) is 12.1 Å². The van der Waals surface area contributed by atoms with E-state index in [4.69, 9.17) is 16.3 Å².